The molecular weight excluding hydrogens is 462 g/mol. The number of hydrogen-bond acceptors (Lipinski definition) is 6. The molecule has 2 aromatic heterocycles. The fourth-order valence-electron chi connectivity index (χ4n) is 4.46. The molecule has 1 aliphatic heterocycles. The standard InChI is InChI=1S/C27H27N3O4S/c1-16(2)25(19-9-10-20-21(13-19)34-12-11-33-20)29-22(31)14-30-15-28-26-24(27(30)32)23(17(3)35-26)18-7-5-4-6-8-18/h4-10,13,15-16,25H,11-12,14H2,1-3H3,(H,29,31). The number of amides is 1. The van der Waals surface area contributed by atoms with Crippen LogP contribution < -0.4 is 20.3 Å². The number of aryl methyl sites for hydroxylation is 1. The fourth-order valence-corrected chi connectivity index (χ4v) is 5.47. The van der Waals surface area contributed by atoms with Gasteiger partial charge in [0.2, 0.25) is 5.91 Å². The van der Waals surface area contributed by atoms with Gasteiger partial charge in [0, 0.05) is 10.4 Å². The van der Waals surface area contributed by atoms with Crippen molar-refractivity contribution in [1.29, 1.82) is 0 Å². The van der Waals surface area contributed by atoms with E-state index in [1.807, 2.05) is 69.3 Å². The van der Waals surface area contributed by atoms with Crippen molar-refractivity contribution < 1.29 is 14.3 Å². The molecule has 0 fully saturated rings. The van der Waals surface area contributed by atoms with Gasteiger partial charge in [-0.1, -0.05) is 50.2 Å². The van der Waals surface area contributed by atoms with E-state index >= 15 is 0 Å². The molecule has 1 atom stereocenters. The number of ether oxygens (including phenoxy) is 2. The normalized spacial score (nSPS) is 13.7. The minimum atomic E-state index is -0.255. The van der Waals surface area contributed by atoms with Crippen LogP contribution >= 0.6 is 11.3 Å². The summed E-state index contributed by atoms with van der Waals surface area (Å²) in [6.07, 6.45) is 1.46. The number of nitrogens with one attached hydrogen (secondary N) is 1. The van der Waals surface area contributed by atoms with Crippen molar-refractivity contribution in [3.05, 3.63) is 75.7 Å². The van der Waals surface area contributed by atoms with Crippen LogP contribution in [0, 0.1) is 12.8 Å². The van der Waals surface area contributed by atoms with E-state index in [-0.39, 0.29) is 30.0 Å². The van der Waals surface area contributed by atoms with Crippen LogP contribution in [0.15, 0.2) is 59.7 Å². The molecule has 0 saturated heterocycles. The van der Waals surface area contributed by atoms with E-state index in [1.165, 1.54) is 22.2 Å². The van der Waals surface area contributed by atoms with Crippen LogP contribution in [0.4, 0.5) is 0 Å². The SMILES string of the molecule is Cc1sc2ncn(CC(=O)NC(c3ccc4c(c3)OCCO4)C(C)C)c(=O)c2c1-c1ccccc1. The van der Waals surface area contributed by atoms with E-state index in [0.717, 1.165) is 21.6 Å². The van der Waals surface area contributed by atoms with Gasteiger partial charge in [-0.15, -0.1) is 11.3 Å². The summed E-state index contributed by atoms with van der Waals surface area (Å²) in [5.74, 6) is 1.26. The number of thiophene rings is 1. The zero-order valence-corrected chi connectivity index (χ0v) is 20.7. The summed E-state index contributed by atoms with van der Waals surface area (Å²) in [5, 5.41) is 3.65. The molecule has 0 saturated carbocycles. The van der Waals surface area contributed by atoms with Gasteiger partial charge in [0.05, 0.1) is 17.8 Å². The molecule has 8 heteroatoms. The predicted octanol–water partition coefficient (Wildman–Crippen LogP) is 4.72. The highest BCUT2D eigenvalue weighted by Gasteiger charge is 2.23. The number of fused-ring (bicyclic) bond motifs is 2. The maximum atomic E-state index is 13.4. The lowest BCUT2D eigenvalue weighted by Crippen LogP contribution is -2.36. The number of carbonyl (C=O) groups is 1. The second-order valence-electron chi connectivity index (χ2n) is 8.95. The Morgan fingerprint density at radius 3 is 2.60 bits per heavy atom. The number of benzene rings is 2. The molecule has 1 aliphatic rings. The molecule has 4 aromatic rings. The highest BCUT2D eigenvalue weighted by molar-refractivity contribution is 7.19. The quantitative estimate of drug-likeness (QED) is 0.424. The van der Waals surface area contributed by atoms with Crippen molar-refractivity contribution in [2.24, 2.45) is 5.92 Å². The third-order valence-corrected chi connectivity index (χ3v) is 7.15. The lowest BCUT2D eigenvalue weighted by Gasteiger charge is -2.25. The molecule has 1 unspecified atom stereocenters. The molecule has 0 radical (unpaired) electrons. The minimum absolute atomic E-state index is 0.112. The molecule has 3 heterocycles. The zero-order chi connectivity index (χ0) is 24.5. The maximum absolute atomic E-state index is 13.4. The molecule has 2 aromatic carbocycles. The predicted molar refractivity (Wildman–Crippen MR) is 137 cm³/mol. The smallest absolute Gasteiger partial charge is 0.263 e. The molecule has 5 rings (SSSR count). The molecule has 0 bridgehead atoms. The minimum Gasteiger partial charge on any atom is -0.486 e. The van der Waals surface area contributed by atoms with Crippen LogP contribution in [0.5, 0.6) is 11.5 Å². The number of carbonyl (C=O) groups excluding carboxylic acids is 1. The van der Waals surface area contributed by atoms with Gasteiger partial charge in [-0.25, -0.2) is 4.98 Å². The van der Waals surface area contributed by atoms with E-state index in [4.69, 9.17) is 9.47 Å². The first-order valence-corrected chi connectivity index (χ1v) is 12.5. The van der Waals surface area contributed by atoms with Gasteiger partial charge in [-0.2, -0.15) is 0 Å². The van der Waals surface area contributed by atoms with Crippen molar-refractivity contribution in [1.82, 2.24) is 14.9 Å². The Kier molecular flexibility index (Phi) is 6.30. The van der Waals surface area contributed by atoms with Gasteiger partial charge in [0.25, 0.3) is 5.56 Å². The van der Waals surface area contributed by atoms with Crippen LogP contribution in [0.25, 0.3) is 21.3 Å². The van der Waals surface area contributed by atoms with Crippen LogP contribution in [-0.2, 0) is 11.3 Å². The maximum Gasteiger partial charge on any atom is 0.263 e. The average Bonchev–Trinajstić information content (AvgIpc) is 3.21. The molecule has 1 N–H and O–H groups in total. The topological polar surface area (TPSA) is 82.5 Å². The van der Waals surface area contributed by atoms with Gasteiger partial charge in [0.15, 0.2) is 11.5 Å². The van der Waals surface area contributed by atoms with Crippen LogP contribution in [0.3, 0.4) is 0 Å². The number of rotatable bonds is 6. The number of aromatic nitrogens is 2. The van der Waals surface area contributed by atoms with Crippen molar-refractivity contribution in [2.75, 3.05) is 13.2 Å². The first-order chi connectivity index (χ1) is 16.9. The van der Waals surface area contributed by atoms with Crippen molar-refractivity contribution in [3.63, 3.8) is 0 Å². The van der Waals surface area contributed by atoms with Gasteiger partial charge in [0.1, 0.15) is 24.6 Å². The molecule has 7 nitrogen and oxygen atoms in total. The monoisotopic (exact) mass is 489 g/mol. The van der Waals surface area contributed by atoms with Crippen molar-refractivity contribution in [2.45, 2.75) is 33.4 Å². The molecule has 180 valence electrons. The van der Waals surface area contributed by atoms with Crippen molar-refractivity contribution in [3.8, 4) is 22.6 Å². The summed E-state index contributed by atoms with van der Waals surface area (Å²) in [5.41, 5.74) is 2.57. The molecular formula is C27H27N3O4S. The van der Waals surface area contributed by atoms with E-state index in [1.54, 1.807) is 0 Å². The van der Waals surface area contributed by atoms with E-state index in [2.05, 4.69) is 10.3 Å². The zero-order valence-electron chi connectivity index (χ0n) is 19.9. The van der Waals surface area contributed by atoms with E-state index in [9.17, 15) is 9.59 Å². The van der Waals surface area contributed by atoms with Crippen molar-refractivity contribution >= 4 is 27.5 Å². The summed E-state index contributed by atoms with van der Waals surface area (Å²) in [6.45, 7) is 6.99. The Morgan fingerprint density at radius 1 is 1.11 bits per heavy atom. The Hall–Kier alpha value is -3.65. The highest BCUT2D eigenvalue weighted by Crippen LogP contribution is 2.36. The summed E-state index contributed by atoms with van der Waals surface area (Å²) < 4.78 is 12.7. The van der Waals surface area contributed by atoms with Gasteiger partial charge in [-0.05, 0) is 36.1 Å². The molecule has 1 amide bonds. The van der Waals surface area contributed by atoms with E-state index in [0.29, 0.717) is 34.9 Å². The third-order valence-electron chi connectivity index (χ3n) is 6.14. The number of hydrogen-bond donors (Lipinski definition) is 1. The van der Waals surface area contributed by atoms with E-state index < -0.39 is 0 Å². The second kappa shape index (κ2) is 9.54. The summed E-state index contributed by atoms with van der Waals surface area (Å²) in [4.78, 5) is 32.7. The van der Waals surface area contributed by atoms with Gasteiger partial charge >= 0.3 is 0 Å². The third kappa shape index (κ3) is 4.53. The van der Waals surface area contributed by atoms with Gasteiger partial charge < -0.3 is 14.8 Å². The fraction of sp³-hybridized carbons (Fsp3) is 0.296. The Labute approximate surface area is 207 Å². The largest absolute Gasteiger partial charge is 0.486 e. The average molecular weight is 490 g/mol. The summed E-state index contributed by atoms with van der Waals surface area (Å²) in [6, 6.07) is 15.3. The first kappa shape index (κ1) is 23.1. The van der Waals surface area contributed by atoms with Crippen LogP contribution in [0.2, 0.25) is 0 Å². The number of nitrogens with zero attached hydrogens (tertiary/aromatic N) is 2. The summed E-state index contributed by atoms with van der Waals surface area (Å²) in [7, 11) is 0. The molecule has 0 aliphatic carbocycles. The Bertz CT molecular complexity index is 1440. The Morgan fingerprint density at radius 2 is 1.86 bits per heavy atom. The highest BCUT2D eigenvalue weighted by atomic mass is 32.1. The first-order valence-electron chi connectivity index (χ1n) is 11.6. The lowest BCUT2D eigenvalue weighted by molar-refractivity contribution is -0.122. The second-order valence-corrected chi connectivity index (χ2v) is 10.2. The lowest BCUT2D eigenvalue weighted by atomic mass is 9.95. The molecule has 0 spiro atoms. The van der Waals surface area contributed by atoms with Crippen LogP contribution in [0.1, 0.15) is 30.3 Å². The molecule has 35 heavy (non-hydrogen) atoms. The Balaban J connectivity index is 1.42. The van der Waals surface area contributed by atoms with Gasteiger partial charge in [-0.3, -0.25) is 14.2 Å². The summed E-state index contributed by atoms with van der Waals surface area (Å²) >= 11 is 1.49. The van der Waals surface area contributed by atoms with Crippen LogP contribution in [-0.4, -0.2) is 28.7 Å².